The molecule has 0 bridgehead atoms. The summed E-state index contributed by atoms with van der Waals surface area (Å²) < 4.78 is 16.5. The highest BCUT2D eigenvalue weighted by molar-refractivity contribution is 6.14. The van der Waals surface area contributed by atoms with Crippen LogP contribution in [0.1, 0.15) is 29.0 Å². The first kappa shape index (κ1) is 20.6. The Labute approximate surface area is 190 Å². The van der Waals surface area contributed by atoms with Gasteiger partial charge in [-0.25, -0.2) is 0 Å². The fourth-order valence-corrected chi connectivity index (χ4v) is 3.79. The van der Waals surface area contributed by atoms with Crippen molar-refractivity contribution in [3.8, 4) is 11.5 Å². The number of nitrogens with one attached hydrogen (secondary N) is 2. The Morgan fingerprint density at radius 1 is 0.848 bits per heavy atom. The lowest BCUT2D eigenvalue weighted by Crippen LogP contribution is -2.17. The highest BCUT2D eigenvalue weighted by Gasteiger charge is 2.23. The maximum Gasteiger partial charge on any atom is 0.293 e. The van der Waals surface area contributed by atoms with Gasteiger partial charge in [0.1, 0.15) is 11.3 Å². The first-order valence-electron chi connectivity index (χ1n) is 10.7. The Hall–Kier alpha value is -4.26. The number of hydrogen-bond acceptors (Lipinski definition) is 5. The number of hydrogen-bond donors (Lipinski definition) is 2. The lowest BCUT2D eigenvalue weighted by molar-refractivity contribution is -0.116. The Morgan fingerprint density at radius 2 is 1.64 bits per heavy atom. The topological polar surface area (TPSA) is 89.8 Å². The molecule has 2 N–H and O–H groups in total. The lowest BCUT2D eigenvalue weighted by atomic mass is 10.1. The van der Waals surface area contributed by atoms with Gasteiger partial charge in [-0.05, 0) is 42.7 Å². The standard InChI is InChI=1S/C26H22N2O5/c29-23(12-6-9-17-7-2-1-3-8-17)28-24-19-10-4-5-11-20(19)33-25(24)26(30)27-18-13-14-21-22(15-18)32-16-31-21/h1-5,7-8,10-11,13-15H,6,9,12,16H2,(H,27,30)(H,28,29). The maximum atomic E-state index is 13.1. The van der Waals surface area contributed by atoms with Crippen molar-refractivity contribution in [2.75, 3.05) is 17.4 Å². The van der Waals surface area contributed by atoms with Crippen LogP contribution in [0.2, 0.25) is 0 Å². The minimum atomic E-state index is -0.468. The molecule has 1 aromatic heterocycles. The number of anilines is 2. The normalized spacial score (nSPS) is 12.0. The number of fused-ring (bicyclic) bond motifs is 2. The van der Waals surface area contributed by atoms with E-state index in [0.717, 1.165) is 6.42 Å². The molecule has 166 valence electrons. The average Bonchev–Trinajstić information content (AvgIpc) is 3.44. The molecule has 5 rings (SSSR count). The molecule has 2 heterocycles. The predicted octanol–water partition coefficient (Wildman–Crippen LogP) is 5.38. The molecule has 7 heteroatoms. The Balaban J connectivity index is 1.32. The van der Waals surface area contributed by atoms with Crippen molar-refractivity contribution >= 4 is 34.2 Å². The molecule has 1 aliphatic rings. The van der Waals surface area contributed by atoms with E-state index in [1.165, 1.54) is 5.56 Å². The van der Waals surface area contributed by atoms with E-state index in [2.05, 4.69) is 10.6 Å². The van der Waals surface area contributed by atoms with E-state index in [0.29, 0.717) is 46.7 Å². The summed E-state index contributed by atoms with van der Waals surface area (Å²) in [5.41, 5.74) is 2.61. The summed E-state index contributed by atoms with van der Waals surface area (Å²) >= 11 is 0. The van der Waals surface area contributed by atoms with E-state index in [1.54, 1.807) is 24.3 Å². The number of carbonyl (C=O) groups is 2. The van der Waals surface area contributed by atoms with Crippen LogP contribution >= 0.6 is 0 Å². The number of aryl methyl sites for hydroxylation is 1. The molecule has 7 nitrogen and oxygen atoms in total. The van der Waals surface area contributed by atoms with E-state index in [4.69, 9.17) is 13.9 Å². The summed E-state index contributed by atoms with van der Waals surface area (Å²) in [6.07, 6.45) is 1.83. The first-order chi connectivity index (χ1) is 16.2. The zero-order valence-corrected chi connectivity index (χ0v) is 17.8. The number of furan rings is 1. The van der Waals surface area contributed by atoms with Gasteiger partial charge in [0, 0.05) is 23.6 Å². The van der Waals surface area contributed by atoms with Crippen LogP contribution in [-0.4, -0.2) is 18.6 Å². The summed E-state index contributed by atoms with van der Waals surface area (Å²) in [5, 5.41) is 6.37. The third-order valence-electron chi connectivity index (χ3n) is 5.41. The van der Waals surface area contributed by atoms with Gasteiger partial charge in [-0.2, -0.15) is 0 Å². The van der Waals surface area contributed by atoms with Crippen molar-refractivity contribution in [2.45, 2.75) is 19.3 Å². The van der Waals surface area contributed by atoms with Gasteiger partial charge in [-0.15, -0.1) is 0 Å². The van der Waals surface area contributed by atoms with E-state index in [1.807, 2.05) is 48.5 Å². The molecule has 0 radical (unpaired) electrons. The van der Waals surface area contributed by atoms with Gasteiger partial charge in [0.2, 0.25) is 18.5 Å². The van der Waals surface area contributed by atoms with Gasteiger partial charge in [0.05, 0.1) is 0 Å². The molecular weight excluding hydrogens is 420 g/mol. The highest BCUT2D eigenvalue weighted by atomic mass is 16.7. The quantitative estimate of drug-likeness (QED) is 0.401. The summed E-state index contributed by atoms with van der Waals surface area (Å²) in [6, 6.07) is 22.4. The molecule has 4 aromatic rings. The van der Waals surface area contributed by atoms with E-state index in [9.17, 15) is 9.59 Å². The van der Waals surface area contributed by atoms with Crippen molar-refractivity contribution in [2.24, 2.45) is 0 Å². The Morgan fingerprint density at radius 3 is 2.52 bits per heavy atom. The second-order valence-corrected chi connectivity index (χ2v) is 7.71. The maximum absolute atomic E-state index is 13.1. The average molecular weight is 442 g/mol. The second kappa shape index (κ2) is 9.08. The molecule has 3 aromatic carbocycles. The molecule has 0 unspecified atom stereocenters. The minimum absolute atomic E-state index is 0.0466. The fraction of sp³-hybridized carbons (Fsp3) is 0.154. The van der Waals surface area contributed by atoms with Crippen LogP contribution in [0.15, 0.2) is 77.2 Å². The summed E-state index contributed by atoms with van der Waals surface area (Å²) in [7, 11) is 0. The number of para-hydroxylation sites is 1. The van der Waals surface area contributed by atoms with E-state index in [-0.39, 0.29) is 18.5 Å². The number of benzene rings is 3. The van der Waals surface area contributed by atoms with Crippen LogP contribution in [0, 0.1) is 0 Å². The number of amides is 2. The molecule has 1 aliphatic heterocycles. The third kappa shape index (κ3) is 4.52. The zero-order chi connectivity index (χ0) is 22.6. The Bertz CT molecular complexity index is 1310. The summed E-state index contributed by atoms with van der Waals surface area (Å²) in [6.45, 7) is 0.150. The zero-order valence-electron chi connectivity index (χ0n) is 17.8. The van der Waals surface area contributed by atoms with Crippen LogP contribution in [-0.2, 0) is 11.2 Å². The smallest absolute Gasteiger partial charge is 0.293 e. The van der Waals surface area contributed by atoms with Crippen molar-refractivity contribution in [3.05, 3.63) is 84.1 Å². The van der Waals surface area contributed by atoms with Gasteiger partial charge in [-0.3, -0.25) is 9.59 Å². The van der Waals surface area contributed by atoms with Crippen molar-refractivity contribution in [1.82, 2.24) is 0 Å². The van der Waals surface area contributed by atoms with Crippen molar-refractivity contribution in [1.29, 1.82) is 0 Å². The van der Waals surface area contributed by atoms with Gasteiger partial charge < -0.3 is 24.5 Å². The van der Waals surface area contributed by atoms with Crippen LogP contribution in [0.5, 0.6) is 11.5 Å². The van der Waals surface area contributed by atoms with E-state index >= 15 is 0 Å². The molecule has 0 spiro atoms. The molecule has 0 fully saturated rings. The van der Waals surface area contributed by atoms with Crippen LogP contribution < -0.4 is 20.1 Å². The van der Waals surface area contributed by atoms with E-state index < -0.39 is 5.91 Å². The SMILES string of the molecule is O=C(CCCc1ccccc1)Nc1c(C(=O)Nc2ccc3c(c2)OCO3)oc2ccccc12. The lowest BCUT2D eigenvalue weighted by Gasteiger charge is -2.08. The number of rotatable bonds is 7. The van der Waals surface area contributed by atoms with Crippen LogP contribution in [0.3, 0.4) is 0 Å². The summed E-state index contributed by atoms with van der Waals surface area (Å²) in [4.78, 5) is 25.7. The highest BCUT2D eigenvalue weighted by Crippen LogP contribution is 2.35. The molecule has 2 amide bonds. The molecular formula is C26H22N2O5. The van der Waals surface area contributed by atoms with Crippen LogP contribution in [0.4, 0.5) is 11.4 Å². The third-order valence-corrected chi connectivity index (χ3v) is 5.41. The largest absolute Gasteiger partial charge is 0.454 e. The number of ether oxygens (including phenoxy) is 2. The molecule has 33 heavy (non-hydrogen) atoms. The van der Waals surface area contributed by atoms with Gasteiger partial charge in [0.15, 0.2) is 11.5 Å². The van der Waals surface area contributed by atoms with Gasteiger partial charge in [-0.1, -0.05) is 42.5 Å². The van der Waals surface area contributed by atoms with Gasteiger partial charge >= 0.3 is 0 Å². The molecule has 0 saturated heterocycles. The minimum Gasteiger partial charge on any atom is -0.454 e. The number of carbonyl (C=O) groups excluding carboxylic acids is 2. The summed E-state index contributed by atoms with van der Waals surface area (Å²) in [5.74, 6) is 0.592. The predicted molar refractivity (Wildman–Crippen MR) is 125 cm³/mol. The monoisotopic (exact) mass is 442 g/mol. The second-order valence-electron chi connectivity index (χ2n) is 7.71. The van der Waals surface area contributed by atoms with Crippen molar-refractivity contribution < 1.29 is 23.5 Å². The molecule has 0 aliphatic carbocycles. The molecule has 0 atom stereocenters. The first-order valence-corrected chi connectivity index (χ1v) is 10.7. The van der Waals surface area contributed by atoms with Gasteiger partial charge in [0.25, 0.3) is 5.91 Å². The molecule has 0 saturated carbocycles. The fourth-order valence-electron chi connectivity index (χ4n) is 3.79. The Kier molecular flexibility index (Phi) is 5.68. The van der Waals surface area contributed by atoms with Crippen molar-refractivity contribution in [3.63, 3.8) is 0 Å². The van der Waals surface area contributed by atoms with Crippen LogP contribution in [0.25, 0.3) is 11.0 Å².